The molecule has 0 atom stereocenters. The van der Waals surface area contributed by atoms with Gasteiger partial charge in [-0.1, -0.05) is 24.3 Å². The molecule has 0 aliphatic carbocycles. The van der Waals surface area contributed by atoms with Crippen molar-refractivity contribution in [2.75, 3.05) is 0 Å². The van der Waals surface area contributed by atoms with Gasteiger partial charge in [0.2, 0.25) is 0 Å². The van der Waals surface area contributed by atoms with Gasteiger partial charge in [-0.25, -0.2) is 0 Å². The van der Waals surface area contributed by atoms with Gasteiger partial charge in [-0.2, -0.15) is 8.42 Å². The van der Waals surface area contributed by atoms with Gasteiger partial charge >= 0.3 is 9.15 Å². The Labute approximate surface area is 81.3 Å². The molecule has 0 radical (unpaired) electrons. The zero-order chi connectivity index (χ0) is 9.90. The van der Waals surface area contributed by atoms with Gasteiger partial charge in [0.05, 0.1) is 0 Å². The van der Waals surface area contributed by atoms with Crippen LogP contribution in [0.1, 0.15) is 11.1 Å². The molecule has 1 rings (SSSR count). The van der Waals surface area contributed by atoms with Crippen LogP contribution in [0.25, 0.3) is 0 Å². The van der Waals surface area contributed by atoms with Gasteiger partial charge < -0.3 is 0 Å². The molecule has 3 nitrogen and oxygen atoms in total. The Morgan fingerprint density at radius 1 is 1.38 bits per heavy atom. The van der Waals surface area contributed by atoms with Crippen LogP contribution in [-0.4, -0.2) is 13.0 Å². The van der Waals surface area contributed by atoms with E-state index in [0.29, 0.717) is 10.8 Å². The van der Waals surface area contributed by atoms with Crippen molar-refractivity contribution >= 4 is 19.9 Å². The molecule has 1 aromatic carbocycles. The van der Waals surface area contributed by atoms with Gasteiger partial charge in [0.25, 0.3) is 0 Å². The molecule has 0 aliphatic heterocycles. The van der Waals surface area contributed by atoms with E-state index in [9.17, 15) is 8.42 Å². The maximum Gasteiger partial charge on any atom is 0.320 e. The van der Waals surface area contributed by atoms with Gasteiger partial charge in [-0.05, 0) is 18.1 Å². The fourth-order valence-corrected chi connectivity index (χ4v) is 2.34. The second-order valence-electron chi connectivity index (χ2n) is 2.62. The van der Waals surface area contributed by atoms with E-state index in [4.69, 9.17) is 4.55 Å². The lowest BCUT2D eigenvalue weighted by Gasteiger charge is -2.02. The van der Waals surface area contributed by atoms with E-state index in [1.807, 2.05) is 31.2 Å². The van der Waals surface area contributed by atoms with Crippen LogP contribution in [0.2, 0.25) is 0 Å². The Morgan fingerprint density at radius 3 is 2.54 bits per heavy atom. The fourth-order valence-electron chi connectivity index (χ4n) is 0.910. The van der Waals surface area contributed by atoms with E-state index in [1.165, 1.54) is 0 Å². The third-order valence-electron chi connectivity index (χ3n) is 1.62. The quantitative estimate of drug-likeness (QED) is 0.623. The maximum atomic E-state index is 10.4. The smallest absolute Gasteiger partial charge is 0.277 e. The minimum Gasteiger partial charge on any atom is -0.277 e. The highest BCUT2D eigenvalue weighted by atomic mass is 33.1. The molecule has 0 saturated heterocycles. The summed E-state index contributed by atoms with van der Waals surface area (Å²) in [5.74, 6) is 0.283. The molecule has 13 heavy (non-hydrogen) atoms. The Morgan fingerprint density at radius 2 is 2.00 bits per heavy atom. The summed E-state index contributed by atoms with van der Waals surface area (Å²) in [5.41, 5.74) is 1.95. The van der Waals surface area contributed by atoms with Crippen molar-refractivity contribution in [1.29, 1.82) is 0 Å². The largest absolute Gasteiger partial charge is 0.320 e. The Balaban J connectivity index is 2.71. The predicted octanol–water partition coefficient (Wildman–Crippen LogP) is 2.03. The molecule has 0 aromatic heterocycles. The molecule has 1 N–H and O–H groups in total. The second kappa shape index (κ2) is 4.13. The molecule has 0 fully saturated rings. The van der Waals surface area contributed by atoms with Crippen LogP contribution in [0.3, 0.4) is 0 Å². The fraction of sp³-hybridized carbons (Fsp3) is 0.250. The van der Waals surface area contributed by atoms with Crippen molar-refractivity contribution in [1.82, 2.24) is 0 Å². The molecule has 0 unspecified atom stereocenters. The lowest BCUT2D eigenvalue weighted by atomic mass is 10.1. The third-order valence-corrected chi connectivity index (χ3v) is 3.60. The molecule has 0 aliphatic rings. The lowest BCUT2D eigenvalue weighted by molar-refractivity contribution is 0.503. The molecular weight excluding hydrogens is 208 g/mol. The van der Waals surface area contributed by atoms with Crippen LogP contribution in [0, 0.1) is 6.92 Å². The van der Waals surface area contributed by atoms with Gasteiger partial charge in [0, 0.05) is 16.5 Å². The second-order valence-corrected chi connectivity index (χ2v) is 5.97. The van der Waals surface area contributed by atoms with E-state index in [1.54, 1.807) is 0 Å². The Bertz CT molecular complexity index is 384. The maximum absolute atomic E-state index is 10.4. The van der Waals surface area contributed by atoms with Gasteiger partial charge in [-0.3, -0.25) is 4.55 Å². The van der Waals surface area contributed by atoms with E-state index in [-0.39, 0.29) is 5.75 Å². The molecule has 0 heterocycles. The number of benzene rings is 1. The molecular formula is C8H10O3S2. The van der Waals surface area contributed by atoms with E-state index < -0.39 is 9.15 Å². The van der Waals surface area contributed by atoms with Crippen LogP contribution in [0.4, 0.5) is 0 Å². The highest BCUT2D eigenvalue weighted by Crippen LogP contribution is 2.19. The van der Waals surface area contributed by atoms with Crippen LogP contribution in [0.5, 0.6) is 0 Å². The highest BCUT2D eigenvalue weighted by molar-refractivity contribution is 8.69. The molecule has 0 amide bonds. The molecule has 0 spiro atoms. The number of aryl methyl sites for hydroxylation is 1. The predicted molar refractivity (Wildman–Crippen MR) is 54.0 cm³/mol. The topological polar surface area (TPSA) is 54.4 Å². The summed E-state index contributed by atoms with van der Waals surface area (Å²) in [6.45, 7) is 1.90. The van der Waals surface area contributed by atoms with Crippen molar-refractivity contribution in [2.24, 2.45) is 0 Å². The standard InChI is InChI=1S/C8H10O3S2/c1-7-4-2-3-5-8(7)6-12-13(9,10)11/h2-5H,6H2,1H3,(H,9,10,11). The molecule has 5 heteroatoms. The summed E-state index contributed by atoms with van der Waals surface area (Å²) in [5, 5.41) is 0. The van der Waals surface area contributed by atoms with Crippen LogP contribution in [-0.2, 0) is 14.9 Å². The number of hydrogen-bond donors (Lipinski definition) is 1. The Hall–Kier alpha value is -0.520. The first-order chi connectivity index (χ1) is 5.99. The normalized spacial score (nSPS) is 11.5. The summed E-state index contributed by atoms with van der Waals surface area (Å²) in [4.78, 5) is 0. The molecule has 1 aromatic rings. The van der Waals surface area contributed by atoms with Crippen molar-refractivity contribution in [3.05, 3.63) is 35.4 Å². The summed E-state index contributed by atoms with van der Waals surface area (Å²) < 4.78 is 29.4. The van der Waals surface area contributed by atoms with Crippen molar-refractivity contribution in [3.63, 3.8) is 0 Å². The van der Waals surface area contributed by atoms with Gasteiger partial charge in [0.1, 0.15) is 0 Å². The minimum atomic E-state index is -3.92. The zero-order valence-corrected chi connectivity index (χ0v) is 8.73. The number of rotatable bonds is 3. The monoisotopic (exact) mass is 218 g/mol. The van der Waals surface area contributed by atoms with Gasteiger partial charge in [0.15, 0.2) is 0 Å². The van der Waals surface area contributed by atoms with E-state index in [2.05, 4.69) is 0 Å². The van der Waals surface area contributed by atoms with Crippen LogP contribution < -0.4 is 0 Å². The molecule has 72 valence electrons. The average Bonchev–Trinajstić information content (AvgIpc) is 2.01. The molecule has 0 saturated carbocycles. The first kappa shape index (κ1) is 10.6. The van der Waals surface area contributed by atoms with Crippen molar-refractivity contribution in [3.8, 4) is 0 Å². The minimum absolute atomic E-state index is 0.283. The zero-order valence-electron chi connectivity index (χ0n) is 7.10. The first-order valence-electron chi connectivity index (χ1n) is 3.65. The third kappa shape index (κ3) is 3.80. The highest BCUT2D eigenvalue weighted by Gasteiger charge is 2.06. The summed E-state index contributed by atoms with van der Waals surface area (Å²) in [7, 11) is -3.39. The van der Waals surface area contributed by atoms with E-state index in [0.717, 1.165) is 11.1 Å². The first-order valence-corrected chi connectivity index (χ1v) is 6.59. The number of hydrogen-bond acceptors (Lipinski definition) is 3. The van der Waals surface area contributed by atoms with Crippen molar-refractivity contribution < 1.29 is 13.0 Å². The Kier molecular flexibility index (Phi) is 3.35. The summed E-state index contributed by atoms with van der Waals surface area (Å²) in [6, 6.07) is 7.47. The molecule has 0 bridgehead atoms. The van der Waals surface area contributed by atoms with Gasteiger partial charge in [-0.15, -0.1) is 0 Å². The average molecular weight is 218 g/mol. The lowest BCUT2D eigenvalue weighted by Crippen LogP contribution is -1.92. The summed E-state index contributed by atoms with van der Waals surface area (Å²) >= 11 is 0. The van der Waals surface area contributed by atoms with E-state index >= 15 is 0 Å². The SMILES string of the molecule is Cc1ccccc1CSS(=O)(=O)O. The summed E-state index contributed by atoms with van der Waals surface area (Å²) in [6.07, 6.45) is 0. The van der Waals surface area contributed by atoms with Crippen LogP contribution in [0.15, 0.2) is 24.3 Å². The van der Waals surface area contributed by atoms with Crippen LogP contribution >= 0.6 is 10.8 Å². The van der Waals surface area contributed by atoms with Crippen molar-refractivity contribution in [2.45, 2.75) is 12.7 Å².